The van der Waals surface area contributed by atoms with E-state index in [1.807, 2.05) is 23.1 Å². The number of rotatable bonds is 7. The second-order valence-corrected chi connectivity index (χ2v) is 8.01. The molecule has 1 amide bonds. The van der Waals surface area contributed by atoms with Gasteiger partial charge >= 0.3 is 6.18 Å². The van der Waals surface area contributed by atoms with Crippen LogP contribution in [0, 0.1) is 5.41 Å². The number of piperidine rings is 1. The molecule has 3 nitrogen and oxygen atoms in total. The number of likely N-dealkylation sites (tertiary alicyclic amines) is 2. The van der Waals surface area contributed by atoms with E-state index in [9.17, 15) is 18.0 Å². The van der Waals surface area contributed by atoms with Crippen molar-refractivity contribution in [3.8, 4) is 0 Å². The number of hydrogen-bond acceptors (Lipinski definition) is 2. The van der Waals surface area contributed by atoms with E-state index in [1.165, 1.54) is 5.56 Å². The molecule has 27 heavy (non-hydrogen) atoms. The fourth-order valence-electron chi connectivity index (χ4n) is 4.52. The zero-order chi connectivity index (χ0) is 19.3. The van der Waals surface area contributed by atoms with Crippen LogP contribution < -0.4 is 0 Å². The Kier molecular flexibility index (Phi) is 6.45. The SMILES string of the molecule is O=C1N(CCCc2ccccc2)CCCC12CCN(CCCC(F)(F)F)C2. The Morgan fingerprint density at radius 1 is 1.00 bits per heavy atom. The number of carbonyl (C=O) groups excluding carboxylic acids is 1. The van der Waals surface area contributed by atoms with Crippen LogP contribution in [0.2, 0.25) is 0 Å². The maximum absolute atomic E-state index is 13.1. The fraction of sp³-hybridized carbons (Fsp3) is 0.667. The molecule has 0 bridgehead atoms. The van der Waals surface area contributed by atoms with Crippen LogP contribution >= 0.6 is 0 Å². The first kappa shape index (κ1) is 20.2. The summed E-state index contributed by atoms with van der Waals surface area (Å²) in [4.78, 5) is 17.1. The van der Waals surface area contributed by atoms with Crippen molar-refractivity contribution in [1.29, 1.82) is 0 Å². The van der Waals surface area contributed by atoms with E-state index >= 15 is 0 Å². The Bertz CT molecular complexity index is 620. The second kappa shape index (κ2) is 8.63. The highest BCUT2D eigenvalue weighted by Gasteiger charge is 2.47. The number of carbonyl (C=O) groups is 1. The Morgan fingerprint density at radius 3 is 2.52 bits per heavy atom. The first-order valence-corrected chi connectivity index (χ1v) is 10.0. The summed E-state index contributed by atoms with van der Waals surface area (Å²) >= 11 is 0. The van der Waals surface area contributed by atoms with Crippen LogP contribution in [0.15, 0.2) is 30.3 Å². The molecule has 2 fully saturated rings. The van der Waals surface area contributed by atoms with Crippen molar-refractivity contribution in [3.63, 3.8) is 0 Å². The smallest absolute Gasteiger partial charge is 0.342 e. The van der Waals surface area contributed by atoms with Gasteiger partial charge in [-0.15, -0.1) is 0 Å². The van der Waals surface area contributed by atoms with Gasteiger partial charge in [-0.3, -0.25) is 4.79 Å². The lowest BCUT2D eigenvalue weighted by Crippen LogP contribution is -2.50. The predicted molar refractivity (Wildman–Crippen MR) is 99.4 cm³/mol. The lowest BCUT2D eigenvalue weighted by Gasteiger charge is -2.39. The zero-order valence-corrected chi connectivity index (χ0v) is 15.8. The molecule has 0 radical (unpaired) electrons. The molecular weight excluding hydrogens is 353 g/mol. The molecule has 0 N–H and O–H groups in total. The molecule has 1 unspecified atom stereocenters. The summed E-state index contributed by atoms with van der Waals surface area (Å²) in [6.45, 7) is 3.37. The van der Waals surface area contributed by atoms with E-state index in [4.69, 9.17) is 0 Å². The molecule has 2 saturated heterocycles. The van der Waals surface area contributed by atoms with E-state index in [2.05, 4.69) is 17.0 Å². The van der Waals surface area contributed by atoms with Gasteiger partial charge in [-0.1, -0.05) is 30.3 Å². The normalized spacial score (nSPS) is 24.1. The van der Waals surface area contributed by atoms with Gasteiger partial charge in [0.2, 0.25) is 5.91 Å². The molecule has 0 aliphatic carbocycles. The first-order chi connectivity index (χ1) is 12.9. The number of aryl methyl sites for hydroxylation is 1. The number of amides is 1. The van der Waals surface area contributed by atoms with Gasteiger partial charge in [-0.05, 0) is 57.2 Å². The monoisotopic (exact) mass is 382 g/mol. The third kappa shape index (κ3) is 5.47. The van der Waals surface area contributed by atoms with E-state index < -0.39 is 12.6 Å². The number of hydrogen-bond donors (Lipinski definition) is 0. The molecule has 0 saturated carbocycles. The molecular formula is C21H29F3N2O. The molecule has 150 valence electrons. The molecule has 3 rings (SSSR count). The highest BCUT2D eigenvalue weighted by atomic mass is 19.4. The van der Waals surface area contributed by atoms with Crippen LogP contribution in [0.4, 0.5) is 13.2 Å². The molecule has 1 aromatic rings. The van der Waals surface area contributed by atoms with Gasteiger partial charge in [0, 0.05) is 26.1 Å². The van der Waals surface area contributed by atoms with Crippen molar-refractivity contribution >= 4 is 5.91 Å². The summed E-state index contributed by atoms with van der Waals surface area (Å²) in [5.41, 5.74) is 0.928. The minimum absolute atomic E-state index is 0.120. The largest absolute Gasteiger partial charge is 0.389 e. The Labute approximate surface area is 159 Å². The van der Waals surface area contributed by atoms with Crippen molar-refractivity contribution < 1.29 is 18.0 Å². The van der Waals surface area contributed by atoms with Crippen molar-refractivity contribution in [1.82, 2.24) is 9.80 Å². The van der Waals surface area contributed by atoms with Gasteiger partial charge in [0.25, 0.3) is 0 Å². The second-order valence-electron chi connectivity index (χ2n) is 8.01. The summed E-state index contributed by atoms with van der Waals surface area (Å²) in [6.07, 6.45) is -0.155. The fourth-order valence-corrected chi connectivity index (χ4v) is 4.52. The van der Waals surface area contributed by atoms with Crippen LogP contribution in [-0.4, -0.2) is 54.6 Å². The number of benzene rings is 1. The molecule has 0 aromatic heterocycles. The lowest BCUT2D eigenvalue weighted by molar-refractivity contribution is -0.146. The maximum Gasteiger partial charge on any atom is 0.389 e. The van der Waals surface area contributed by atoms with Gasteiger partial charge in [0.05, 0.1) is 5.41 Å². The van der Waals surface area contributed by atoms with Crippen LogP contribution in [0.25, 0.3) is 0 Å². The van der Waals surface area contributed by atoms with E-state index in [0.717, 1.165) is 51.7 Å². The third-order valence-corrected chi connectivity index (χ3v) is 5.93. The van der Waals surface area contributed by atoms with Gasteiger partial charge in [-0.2, -0.15) is 13.2 Å². The summed E-state index contributed by atoms with van der Waals surface area (Å²) in [6, 6.07) is 10.3. The topological polar surface area (TPSA) is 23.6 Å². The average Bonchev–Trinajstić information content (AvgIpc) is 3.03. The minimum Gasteiger partial charge on any atom is -0.342 e. The average molecular weight is 382 g/mol. The summed E-state index contributed by atoms with van der Waals surface area (Å²) in [5, 5.41) is 0. The summed E-state index contributed by atoms with van der Waals surface area (Å²) < 4.78 is 37.1. The van der Waals surface area contributed by atoms with E-state index in [-0.39, 0.29) is 17.7 Å². The van der Waals surface area contributed by atoms with Crippen LogP contribution in [0.1, 0.15) is 44.1 Å². The van der Waals surface area contributed by atoms with Gasteiger partial charge in [0.15, 0.2) is 0 Å². The van der Waals surface area contributed by atoms with E-state index in [0.29, 0.717) is 13.1 Å². The van der Waals surface area contributed by atoms with E-state index in [1.54, 1.807) is 0 Å². The van der Waals surface area contributed by atoms with Crippen LogP contribution in [0.3, 0.4) is 0 Å². The van der Waals surface area contributed by atoms with Gasteiger partial charge in [0.1, 0.15) is 0 Å². The molecule has 1 atom stereocenters. The van der Waals surface area contributed by atoms with Crippen LogP contribution in [-0.2, 0) is 11.2 Å². The van der Waals surface area contributed by atoms with Crippen molar-refractivity contribution in [3.05, 3.63) is 35.9 Å². The lowest BCUT2D eigenvalue weighted by atomic mass is 9.78. The zero-order valence-electron chi connectivity index (χ0n) is 15.8. The van der Waals surface area contributed by atoms with Crippen LogP contribution in [0.5, 0.6) is 0 Å². The predicted octanol–water partition coefficient (Wildman–Crippen LogP) is 4.28. The van der Waals surface area contributed by atoms with Crippen molar-refractivity contribution in [2.45, 2.75) is 51.1 Å². The molecule has 2 heterocycles. The number of alkyl halides is 3. The molecule has 2 aliphatic rings. The van der Waals surface area contributed by atoms with Crippen molar-refractivity contribution in [2.75, 3.05) is 32.7 Å². The Morgan fingerprint density at radius 2 is 1.78 bits per heavy atom. The minimum atomic E-state index is -4.09. The first-order valence-electron chi connectivity index (χ1n) is 10.0. The number of nitrogens with zero attached hydrogens (tertiary/aromatic N) is 2. The Hall–Kier alpha value is -1.56. The molecule has 6 heteroatoms. The van der Waals surface area contributed by atoms with Gasteiger partial charge < -0.3 is 9.80 Å². The quantitative estimate of drug-likeness (QED) is 0.703. The Balaban J connectivity index is 1.47. The molecule has 2 aliphatic heterocycles. The third-order valence-electron chi connectivity index (χ3n) is 5.93. The highest BCUT2D eigenvalue weighted by molar-refractivity contribution is 5.84. The maximum atomic E-state index is 13.1. The standard InChI is InChI=1S/C21H29F3N2O/c22-21(23,24)11-6-13-25-16-12-20(17-25)10-5-15-26(19(20)27)14-4-9-18-7-2-1-3-8-18/h1-3,7-8H,4-6,9-17H2. The summed E-state index contributed by atoms with van der Waals surface area (Å²) in [5.74, 6) is 0.222. The van der Waals surface area contributed by atoms with Gasteiger partial charge in [-0.25, -0.2) is 0 Å². The molecule has 1 spiro atoms. The number of halogens is 3. The van der Waals surface area contributed by atoms with Crippen molar-refractivity contribution in [2.24, 2.45) is 5.41 Å². The summed E-state index contributed by atoms with van der Waals surface area (Å²) in [7, 11) is 0. The highest BCUT2D eigenvalue weighted by Crippen LogP contribution is 2.40. The molecule has 1 aromatic carbocycles.